The molecule has 0 aromatic heterocycles. The first kappa shape index (κ1) is 42.8. The lowest BCUT2D eigenvalue weighted by molar-refractivity contribution is -0.177. The van der Waals surface area contributed by atoms with E-state index >= 15 is 0 Å². The molecule has 1 aliphatic rings. The quantitative estimate of drug-likeness (QED) is 0.146. The summed E-state index contributed by atoms with van der Waals surface area (Å²) in [4.78, 5) is 70.7. The molecule has 4 amide bonds. The van der Waals surface area contributed by atoms with Gasteiger partial charge in [0.1, 0.15) is 17.6 Å². The molecule has 3 aromatic rings. The largest absolute Gasteiger partial charge is 0.471 e. The number of alkyl halides is 3. The predicted molar refractivity (Wildman–Crippen MR) is 202 cm³/mol. The van der Waals surface area contributed by atoms with Crippen LogP contribution in [0.2, 0.25) is 5.02 Å². The van der Waals surface area contributed by atoms with Crippen molar-refractivity contribution in [1.29, 1.82) is 0 Å². The lowest BCUT2D eigenvalue weighted by atomic mass is 9.79. The van der Waals surface area contributed by atoms with E-state index in [-0.39, 0.29) is 6.42 Å². The lowest BCUT2D eigenvalue weighted by Gasteiger charge is -2.38. The number of benzene rings is 3. The molecule has 0 bridgehead atoms. The summed E-state index contributed by atoms with van der Waals surface area (Å²) in [5, 5.41) is 4.77. The van der Waals surface area contributed by atoms with Crippen molar-refractivity contribution >= 4 is 41.2 Å². The molecule has 0 saturated carbocycles. The van der Waals surface area contributed by atoms with E-state index in [4.69, 9.17) is 16.3 Å². The number of ether oxygens (including phenoxy) is 1. The Labute approximate surface area is 324 Å². The molecule has 0 radical (unpaired) electrons. The van der Waals surface area contributed by atoms with Gasteiger partial charge >= 0.3 is 18.1 Å². The van der Waals surface area contributed by atoms with E-state index in [0.29, 0.717) is 34.8 Å². The summed E-state index contributed by atoms with van der Waals surface area (Å²) in [7, 11) is 1.24. The van der Waals surface area contributed by atoms with Gasteiger partial charge in [0, 0.05) is 41.9 Å². The number of aryl methyl sites for hydroxylation is 1. The van der Waals surface area contributed by atoms with Crippen LogP contribution in [0, 0.1) is 12.8 Å². The van der Waals surface area contributed by atoms with Crippen LogP contribution in [-0.2, 0) is 34.3 Å². The normalized spacial score (nSPS) is 16.3. The fourth-order valence-corrected chi connectivity index (χ4v) is 7.18. The molecule has 4 atom stereocenters. The van der Waals surface area contributed by atoms with Crippen molar-refractivity contribution in [2.75, 3.05) is 20.1 Å². The monoisotopic (exact) mass is 784 g/mol. The lowest BCUT2D eigenvalue weighted by Crippen LogP contribution is -2.63. The molecule has 14 heteroatoms. The Balaban J connectivity index is 1.72. The molecule has 296 valence electrons. The second-order valence-corrected chi connectivity index (χ2v) is 14.8. The molecule has 1 aliphatic heterocycles. The second kappa shape index (κ2) is 17.7. The van der Waals surface area contributed by atoms with E-state index in [2.05, 4.69) is 5.32 Å². The van der Waals surface area contributed by atoms with Crippen LogP contribution >= 0.6 is 11.6 Å². The average Bonchev–Trinajstić information content (AvgIpc) is 3.69. The van der Waals surface area contributed by atoms with Gasteiger partial charge in [-0.15, -0.1) is 0 Å². The number of nitrogens with zero attached hydrogens (tertiary/aromatic N) is 2. The predicted octanol–water partition coefficient (Wildman–Crippen LogP) is 6.31. The van der Waals surface area contributed by atoms with Gasteiger partial charge in [0.05, 0.1) is 6.42 Å². The van der Waals surface area contributed by atoms with Gasteiger partial charge in [-0.1, -0.05) is 111 Å². The molecule has 1 heterocycles. The Kier molecular flexibility index (Phi) is 13.8. The SMILES string of the molecule is CC[C@](C)(NC(=O)C(F)(F)F)C(=O)N(C)[C@H](C(=O)N[C@@H](CC(=O)OC(c1ccccc1)(c1ccc(C)cc1)c1ccccc1Cl)C(=O)N1CCCC1)C(C)C. The minimum Gasteiger partial charge on any atom is -0.444 e. The summed E-state index contributed by atoms with van der Waals surface area (Å²) in [6.45, 7) is 8.54. The van der Waals surface area contributed by atoms with E-state index < -0.39 is 71.3 Å². The maximum Gasteiger partial charge on any atom is 0.471 e. The molecule has 55 heavy (non-hydrogen) atoms. The molecule has 1 saturated heterocycles. The van der Waals surface area contributed by atoms with Gasteiger partial charge in [-0.05, 0) is 45.1 Å². The van der Waals surface area contributed by atoms with Crippen molar-refractivity contribution in [2.45, 2.75) is 89.7 Å². The molecule has 3 aromatic carbocycles. The first-order valence-corrected chi connectivity index (χ1v) is 18.6. The number of carbonyl (C=O) groups is 5. The zero-order valence-electron chi connectivity index (χ0n) is 31.8. The first-order valence-electron chi connectivity index (χ1n) is 18.2. The molecule has 0 spiro atoms. The van der Waals surface area contributed by atoms with Crippen molar-refractivity contribution in [3.05, 3.63) is 106 Å². The molecule has 10 nitrogen and oxygen atoms in total. The molecule has 2 N–H and O–H groups in total. The zero-order chi connectivity index (χ0) is 40.7. The standard InChI is InChI=1S/C41H48ClF3N4O6/c1-7-39(5,47-37(53)41(43,44)45)38(54)48(6)34(26(2)3)35(51)46-32(36(52)49-23-13-14-24-49)25-33(50)55-40(28-15-9-8-10-16-28,29-21-19-27(4)20-22-29)30-17-11-12-18-31(30)42/h8-12,15-22,26,32,34H,7,13-14,23-25H2,1-6H3,(H,46,51)(H,47,53)/t32-,34-,39-,40?/m0/s1. The van der Waals surface area contributed by atoms with E-state index in [9.17, 15) is 37.1 Å². The summed E-state index contributed by atoms with van der Waals surface area (Å²) in [6, 6.07) is 20.6. The van der Waals surface area contributed by atoms with Crippen LogP contribution in [0.15, 0.2) is 78.9 Å². The van der Waals surface area contributed by atoms with Crippen molar-refractivity contribution in [2.24, 2.45) is 5.92 Å². The summed E-state index contributed by atoms with van der Waals surface area (Å²) in [5.74, 6) is -6.07. The van der Waals surface area contributed by atoms with E-state index in [0.717, 1.165) is 30.2 Å². The summed E-state index contributed by atoms with van der Waals surface area (Å²) in [5.41, 5.74) is -1.03. The van der Waals surface area contributed by atoms with Gasteiger partial charge in [0.15, 0.2) is 5.60 Å². The second-order valence-electron chi connectivity index (χ2n) is 14.4. The highest BCUT2D eigenvalue weighted by Gasteiger charge is 2.48. The minimum atomic E-state index is -5.24. The van der Waals surface area contributed by atoms with Crippen LogP contribution in [0.5, 0.6) is 0 Å². The van der Waals surface area contributed by atoms with Gasteiger partial charge < -0.3 is 25.2 Å². The number of halogens is 4. The molecule has 0 aliphatic carbocycles. The van der Waals surface area contributed by atoms with E-state index in [1.165, 1.54) is 18.9 Å². The van der Waals surface area contributed by atoms with E-state index in [1.54, 1.807) is 67.7 Å². The first-order chi connectivity index (χ1) is 25.8. The molecule has 4 rings (SSSR count). The topological polar surface area (TPSA) is 125 Å². The highest BCUT2D eigenvalue weighted by Crippen LogP contribution is 2.44. The Bertz CT molecular complexity index is 1850. The number of likely N-dealkylation sites (tertiary alicyclic amines) is 1. The Morgan fingerprint density at radius 1 is 0.891 bits per heavy atom. The third-order valence-electron chi connectivity index (χ3n) is 10.0. The summed E-state index contributed by atoms with van der Waals surface area (Å²) < 4.78 is 46.1. The minimum absolute atomic E-state index is 0.220. The number of rotatable bonds is 14. The number of likely N-dealkylation sites (N-methyl/N-ethyl adjacent to an activating group) is 1. The van der Waals surface area contributed by atoms with Crippen molar-refractivity contribution < 1.29 is 41.9 Å². The number of carbonyl (C=O) groups excluding carboxylic acids is 5. The van der Waals surface area contributed by atoms with Crippen LogP contribution in [-0.4, -0.2) is 83.3 Å². The third-order valence-corrected chi connectivity index (χ3v) is 10.4. The fourth-order valence-electron chi connectivity index (χ4n) is 6.91. The van der Waals surface area contributed by atoms with Gasteiger partial charge in [-0.3, -0.25) is 24.0 Å². The van der Waals surface area contributed by atoms with Crippen LogP contribution in [0.25, 0.3) is 0 Å². The van der Waals surface area contributed by atoms with Crippen molar-refractivity contribution in [1.82, 2.24) is 20.4 Å². The van der Waals surface area contributed by atoms with Gasteiger partial charge in [-0.2, -0.15) is 13.2 Å². The van der Waals surface area contributed by atoms with Crippen LogP contribution in [0.1, 0.15) is 75.6 Å². The van der Waals surface area contributed by atoms with Gasteiger partial charge in [-0.25, -0.2) is 0 Å². The average molecular weight is 785 g/mol. The van der Waals surface area contributed by atoms with Gasteiger partial charge in [0.25, 0.3) is 0 Å². The maximum absolute atomic E-state index is 14.4. The number of hydrogen-bond acceptors (Lipinski definition) is 6. The zero-order valence-corrected chi connectivity index (χ0v) is 32.6. The van der Waals surface area contributed by atoms with Crippen molar-refractivity contribution in [3.63, 3.8) is 0 Å². The Morgan fingerprint density at radius 2 is 1.45 bits per heavy atom. The smallest absolute Gasteiger partial charge is 0.444 e. The molecule has 1 fully saturated rings. The number of hydrogen-bond donors (Lipinski definition) is 2. The van der Waals surface area contributed by atoms with Crippen molar-refractivity contribution in [3.8, 4) is 0 Å². The summed E-state index contributed by atoms with van der Waals surface area (Å²) in [6.07, 6.45) is -4.63. The number of esters is 1. The maximum atomic E-state index is 14.4. The molecule has 1 unspecified atom stereocenters. The van der Waals surface area contributed by atoms with Crippen LogP contribution in [0.4, 0.5) is 13.2 Å². The summed E-state index contributed by atoms with van der Waals surface area (Å²) >= 11 is 6.83. The van der Waals surface area contributed by atoms with E-state index in [1.807, 2.05) is 37.3 Å². The highest BCUT2D eigenvalue weighted by atomic mass is 35.5. The third kappa shape index (κ3) is 9.67. The van der Waals surface area contributed by atoms with Crippen LogP contribution in [0.3, 0.4) is 0 Å². The highest BCUT2D eigenvalue weighted by molar-refractivity contribution is 6.31. The molecular weight excluding hydrogens is 737 g/mol. The van der Waals surface area contributed by atoms with Crippen LogP contribution < -0.4 is 10.6 Å². The Hall–Kier alpha value is -4.91. The van der Waals surface area contributed by atoms with Gasteiger partial charge in [0.2, 0.25) is 17.7 Å². The fraction of sp³-hybridized carbons (Fsp3) is 0.439. The number of amides is 4. The Morgan fingerprint density at radius 3 is 2.00 bits per heavy atom. The molecular formula is C41H48ClF3N4O6. The number of nitrogens with one attached hydrogen (secondary N) is 2.